The topological polar surface area (TPSA) is 87.0 Å². The Balaban J connectivity index is 3.51. The fraction of sp³-hybridized carbons (Fsp3) is 0.909. The maximum Gasteiger partial charge on any atom is 0.336 e. The number of ether oxygens (including phenoxy) is 1. The molecule has 0 aromatic rings. The monoisotopic (exact) mass is 234 g/mol. The van der Waals surface area contributed by atoms with Crippen LogP contribution in [-0.2, 0) is 9.53 Å². The van der Waals surface area contributed by atoms with E-state index < -0.39 is 18.4 Å². The highest BCUT2D eigenvalue weighted by Crippen LogP contribution is 2.09. The van der Waals surface area contributed by atoms with Crippen molar-refractivity contribution < 1.29 is 24.9 Å². The van der Waals surface area contributed by atoms with Crippen LogP contribution in [0, 0.1) is 0 Å². The molecule has 0 rings (SSSR count). The van der Waals surface area contributed by atoms with Gasteiger partial charge in [0.2, 0.25) is 6.29 Å². The van der Waals surface area contributed by atoms with Crippen LogP contribution in [0.15, 0.2) is 0 Å². The average molecular weight is 234 g/mol. The molecule has 0 aliphatic carbocycles. The summed E-state index contributed by atoms with van der Waals surface area (Å²) >= 11 is 0. The van der Waals surface area contributed by atoms with Crippen LogP contribution >= 0.6 is 0 Å². The molecule has 5 heteroatoms. The van der Waals surface area contributed by atoms with Gasteiger partial charge in [-0.2, -0.15) is 0 Å². The minimum absolute atomic E-state index is 0.294. The maximum absolute atomic E-state index is 10.9. The predicted molar refractivity (Wildman–Crippen MR) is 58.5 cm³/mol. The number of rotatable bonds is 8. The Labute approximate surface area is 96.0 Å². The Morgan fingerprint density at radius 3 is 2.25 bits per heavy atom. The summed E-state index contributed by atoms with van der Waals surface area (Å²) in [6.07, 6.45) is 0.514. The summed E-state index contributed by atoms with van der Waals surface area (Å²) in [6.45, 7) is 3.19. The van der Waals surface area contributed by atoms with Crippen molar-refractivity contribution >= 4 is 5.97 Å². The molecule has 0 aliphatic heterocycles. The van der Waals surface area contributed by atoms with Crippen molar-refractivity contribution in [2.45, 2.75) is 64.4 Å². The Morgan fingerprint density at radius 2 is 1.75 bits per heavy atom. The van der Waals surface area contributed by atoms with Gasteiger partial charge in [-0.3, -0.25) is 0 Å². The van der Waals surface area contributed by atoms with Crippen LogP contribution in [0.4, 0.5) is 0 Å². The number of hydrogen-bond donors (Lipinski definition) is 3. The molecule has 16 heavy (non-hydrogen) atoms. The lowest BCUT2D eigenvalue weighted by molar-refractivity contribution is -0.177. The Morgan fingerprint density at radius 1 is 1.19 bits per heavy atom. The molecule has 0 spiro atoms. The molecule has 0 aromatic heterocycles. The first-order valence-electron chi connectivity index (χ1n) is 5.72. The quantitative estimate of drug-likeness (QED) is 0.324. The maximum atomic E-state index is 10.9. The van der Waals surface area contributed by atoms with E-state index in [0.717, 1.165) is 12.8 Å². The lowest BCUT2D eigenvalue weighted by Gasteiger charge is -2.13. The molecule has 3 unspecified atom stereocenters. The second kappa shape index (κ2) is 8.50. The van der Waals surface area contributed by atoms with E-state index in [2.05, 4.69) is 4.74 Å². The number of carbonyl (C=O) groups excluding carboxylic acids is 1. The zero-order valence-electron chi connectivity index (χ0n) is 9.93. The molecule has 0 amide bonds. The molecule has 0 saturated heterocycles. The number of aliphatic hydroxyl groups excluding tert-OH is 3. The van der Waals surface area contributed by atoms with Crippen LogP contribution in [-0.4, -0.2) is 39.8 Å². The van der Waals surface area contributed by atoms with E-state index in [4.69, 9.17) is 5.11 Å². The fourth-order valence-electron chi connectivity index (χ4n) is 1.19. The smallest absolute Gasteiger partial charge is 0.336 e. The van der Waals surface area contributed by atoms with Gasteiger partial charge in [0.05, 0.1) is 6.10 Å². The van der Waals surface area contributed by atoms with Gasteiger partial charge in [0.25, 0.3) is 0 Å². The van der Waals surface area contributed by atoms with E-state index in [-0.39, 0.29) is 6.10 Å². The number of hydrogen-bond acceptors (Lipinski definition) is 5. The molecule has 3 N–H and O–H groups in total. The third-order valence-corrected chi connectivity index (χ3v) is 2.30. The molecule has 0 bridgehead atoms. The minimum Gasteiger partial charge on any atom is -0.434 e. The summed E-state index contributed by atoms with van der Waals surface area (Å²) in [4.78, 5) is 10.9. The summed E-state index contributed by atoms with van der Waals surface area (Å²) in [5.74, 6) is -0.818. The van der Waals surface area contributed by atoms with Gasteiger partial charge < -0.3 is 20.1 Å². The van der Waals surface area contributed by atoms with Crippen LogP contribution in [0.1, 0.15) is 46.0 Å². The van der Waals surface area contributed by atoms with Crippen molar-refractivity contribution in [3.63, 3.8) is 0 Å². The first-order valence-corrected chi connectivity index (χ1v) is 5.72. The summed E-state index contributed by atoms with van der Waals surface area (Å²) in [5.41, 5.74) is 0. The van der Waals surface area contributed by atoms with E-state index >= 15 is 0 Å². The lowest BCUT2D eigenvalue weighted by atomic mass is 10.1. The summed E-state index contributed by atoms with van der Waals surface area (Å²) < 4.78 is 4.55. The van der Waals surface area contributed by atoms with Crippen LogP contribution < -0.4 is 0 Å². The van der Waals surface area contributed by atoms with Gasteiger partial charge in [0.15, 0.2) is 0 Å². The molecule has 3 atom stereocenters. The van der Waals surface area contributed by atoms with E-state index in [1.807, 2.05) is 6.92 Å². The zero-order chi connectivity index (χ0) is 12.6. The fourth-order valence-corrected chi connectivity index (χ4v) is 1.19. The highest BCUT2D eigenvalue weighted by molar-refractivity contribution is 5.73. The number of unbranched alkanes of at least 4 members (excludes halogenated alkanes) is 1. The Bertz CT molecular complexity index is 193. The van der Waals surface area contributed by atoms with Crippen LogP contribution in [0.3, 0.4) is 0 Å². The van der Waals surface area contributed by atoms with E-state index in [1.54, 1.807) is 0 Å². The number of aliphatic hydroxyl groups is 3. The molecule has 96 valence electrons. The minimum atomic E-state index is -1.21. The first kappa shape index (κ1) is 15.3. The molecule has 5 nitrogen and oxygen atoms in total. The lowest BCUT2D eigenvalue weighted by Crippen LogP contribution is -2.25. The Kier molecular flexibility index (Phi) is 8.15. The summed E-state index contributed by atoms with van der Waals surface area (Å²) in [5, 5.41) is 27.4. The number of carbonyl (C=O) groups is 1. The molecular weight excluding hydrogens is 212 g/mol. The van der Waals surface area contributed by atoms with Gasteiger partial charge in [0, 0.05) is 6.42 Å². The zero-order valence-corrected chi connectivity index (χ0v) is 9.93. The largest absolute Gasteiger partial charge is 0.434 e. The van der Waals surface area contributed by atoms with E-state index in [0.29, 0.717) is 19.3 Å². The molecule has 0 fully saturated rings. The van der Waals surface area contributed by atoms with Gasteiger partial charge >= 0.3 is 5.97 Å². The highest BCUT2D eigenvalue weighted by atomic mass is 16.6. The molecule has 0 aromatic carbocycles. The molecule has 0 aliphatic rings. The van der Waals surface area contributed by atoms with E-state index in [9.17, 15) is 15.0 Å². The highest BCUT2D eigenvalue weighted by Gasteiger charge is 2.15. The van der Waals surface area contributed by atoms with Gasteiger partial charge in [0.1, 0.15) is 6.10 Å². The van der Waals surface area contributed by atoms with Crippen molar-refractivity contribution in [2.24, 2.45) is 0 Å². The normalized spacial score (nSPS) is 16.6. The molecule has 0 saturated carbocycles. The van der Waals surface area contributed by atoms with Gasteiger partial charge in [-0.15, -0.1) is 0 Å². The van der Waals surface area contributed by atoms with Gasteiger partial charge in [-0.1, -0.05) is 13.3 Å². The SMILES string of the molecule is CCC(O)CCCCC(O)OC(=O)C(C)O. The number of esters is 1. The van der Waals surface area contributed by atoms with Crippen LogP contribution in [0.5, 0.6) is 0 Å². The van der Waals surface area contributed by atoms with Crippen molar-refractivity contribution in [1.29, 1.82) is 0 Å². The standard InChI is InChI=1S/C11H22O5/c1-3-9(13)6-4-5-7-10(14)16-11(15)8(2)12/h8-10,12-14H,3-7H2,1-2H3. The second-order valence-corrected chi connectivity index (χ2v) is 3.91. The Hall–Kier alpha value is -0.650. The van der Waals surface area contributed by atoms with E-state index in [1.165, 1.54) is 6.92 Å². The van der Waals surface area contributed by atoms with Crippen molar-refractivity contribution in [1.82, 2.24) is 0 Å². The third-order valence-electron chi connectivity index (χ3n) is 2.30. The van der Waals surface area contributed by atoms with Crippen molar-refractivity contribution in [3.05, 3.63) is 0 Å². The molecular formula is C11H22O5. The summed E-state index contributed by atoms with van der Waals surface area (Å²) in [6, 6.07) is 0. The van der Waals surface area contributed by atoms with Crippen LogP contribution in [0.2, 0.25) is 0 Å². The van der Waals surface area contributed by atoms with Crippen LogP contribution in [0.25, 0.3) is 0 Å². The third kappa shape index (κ3) is 7.62. The predicted octanol–water partition coefficient (Wildman–Crippen LogP) is 0.560. The second-order valence-electron chi connectivity index (χ2n) is 3.91. The van der Waals surface area contributed by atoms with Crippen molar-refractivity contribution in [3.8, 4) is 0 Å². The van der Waals surface area contributed by atoms with Gasteiger partial charge in [-0.05, 0) is 26.2 Å². The average Bonchev–Trinajstić information content (AvgIpc) is 2.23. The summed E-state index contributed by atoms with van der Waals surface area (Å²) in [7, 11) is 0. The molecule has 0 heterocycles. The molecule has 0 radical (unpaired) electrons. The van der Waals surface area contributed by atoms with Gasteiger partial charge in [-0.25, -0.2) is 4.79 Å². The van der Waals surface area contributed by atoms with Crippen molar-refractivity contribution in [2.75, 3.05) is 0 Å². The first-order chi connectivity index (χ1) is 7.47.